The predicted octanol–water partition coefficient (Wildman–Crippen LogP) is 0.748. The molecule has 3 N–H and O–H groups in total. The van der Waals surface area contributed by atoms with Crippen LogP contribution >= 0.6 is 0 Å². The van der Waals surface area contributed by atoms with Gasteiger partial charge < -0.3 is 15.5 Å². The summed E-state index contributed by atoms with van der Waals surface area (Å²) in [5, 5.41) is 21.0. The summed E-state index contributed by atoms with van der Waals surface area (Å²) >= 11 is 0. The Bertz CT molecular complexity index is 357. The Morgan fingerprint density at radius 3 is 2.56 bits per heavy atom. The largest absolute Gasteiger partial charge is 0.476 e. The molecule has 0 aliphatic carbocycles. The van der Waals surface area contributed by atoms with Crippen molar-refractivity contribution in [2.24, 2.45) is 0 Å². The van der Waals surface area contributed by atoms with Crippen molar-refractivity contribution in [2.45, 2.75) is 25.9 Å². The van der Waals surface area contributed by atoms with Crippen LogP contribution in [0.3, 0.4) is 0 Å². The number of hydrogen-bond donors (Lipinski definition) is 3. The van der Waals surface area contributed by atoms with Crippen LogP contribution in [0.2, 0.25) is 0 Å². The summed E-state index contributed by atoms with van der Waals surface area (Å²) in [5.74, 6) is -0.607. The molecule has 0 unspecified atom stereocenters. The second-order valence-corrected chi connectivity index (χ2v) is 4.08. The summed E-state index contributed by atoms with van der Waals surface area (Å²) in [6, 6.07) is 0. The van der Waals surface area contributed by atoms with Gasteiger partial charge in [0.15, 0.2) is 5.69 Å². The molecule has 6 nitrogen and oxygen atoms in total. The number of nitrogens with one attached hydrogen (secondary N) is 1. The van der Waals surface area contributed by atoms with E-state index >= 15 is 0 Å². The molecule has 1 rings (SSSR count). The summed E-state index contributed by atoms with van der Waals surface area (Å²) in [7, 11) is 0. The highest BCUT2D eigenvalue weighted by Gasteiger charge is 2.11. The Hall–Kier alpha value is -1.69. The fraction of sp³-hybridized carbons (Fsp3) is 0.500. The zero-order chi connectivity index (χ0) is 12.2. The molecule has 0 amide bonds. The fourth-order valence-electron chi connectivity index (χ4n) is 1.03. The van der Waals surface area contributed by atoms with E-state index in [1.54, 1.807) is 13.8 Å². The van der Waals surface area contributed by atoms with Gasteiger partial charge >= 0.3 is 5.97 Å². The number of carboxylic acids is 1. The second kappa shape index (κ2) is 4.89. The van der Waals surface area contributed by atoms with Crippen molar-refractivity contribution in [1.82, 2.24) is 9.97 Å². The van der Waals surface area contributed by atoms with E-state index in [9.17, 15) is 9.90 Å². The molecule has 1 heterocycles. The van der Waals surface area contributed by atoms with Crippen LogP contribution in [0.25, 0.3) is 0 Å². The van der Waals surface area contributed by atoms with Crippen LogP contribution in [-0.4, -0.2) is 38.3 Å². The molecule has 0 saturated heterocycles. The molecular weight excluding hydrogens is 210 g/mol. The third-order valence-corrected chi connectivity index (χ3v) is 1.91. The van der Waals surface area contributed by atoms with E-state index in [1.165, 1.54) is 12.4 Å². The number of hydrogen-bond acceptors (Lipinski definition) is 5. The monoisotopic (exact) mass is 225 g/mol. The van der Waals surface area contributed by atoms with Crippen LogP contribution < -0.4 is 5.32 Å². The van der Waals surface area contributed by atoms with Crippen molar-refractivity contribution in [1.29, 1.82) is 0 Å². The molecule has 0 radical (unpaired) electrons. The van der Waals surface area contributed by atoms with Crippen LogP contribution in [0.1, 0.15) is 30.8 Å². The lowest BCUT2D eigenvalue weighted by Crippen LogP contribution is -2.22. The summed E-state index contributed by atoms with van der Waals surface area (Å²) < 4.78 is 0. The standard InChI is InChI=1S/C10H15N3O3/c1-10(2,16)3-4-11-8-6-12-7(5-13-8)9(14)15/h5-6,16H,3-4H2,1-2H3,(H,11,13)(H,14,15). The number of anilines is 1. The number of aromatic nitrogens is 2. The van der Waals surface area contributed by atoms with Gasteiger partial charge in [0.25, 0.3) is 0 Å². The van der Waals surface area contributed by atoms with Crippen LogP contribution in [0.4, 0.5) is 5.82 Å². The summed E-state index contributed by atoms with van der Waals surface area (Å²) in [5.41, 5.74) is -0.824. The number of nitrogens with zero attached hydrogens (tertiary/aromatic N) is 2. The zero-order valence-electron chi connectivity index (χ0n) is 9.27. The molecule has 0 spiro atoms. The number of aliphatic hydroxyl groups is 1. The van der Waals surface area contributed by atoms with Crippen molar-refractivity contribution in [3.63, 3.8) is 0 Å². The first-order valence-corrected chi connectivity index (χ1v) is 4.90. The summed E-state index contributed by atoms with van der Waals surface area (Å²) in [6.07, 6.45) is 3.11. The Morgan fingerprint density at radius 1 is 1.44 bits per heavy atom. The normalized spacial score (nSPS) is 11.2. The molecule has 0 atom stereocenters. The quantitative estimate of drug-likeness (QED) is 0.684. The predicted molar refractivity (Wildman–Crippen MR) is 58.4 cm³/mol. The van der Waals surface area contributed by atoms with Gasteiger partial charge in [-0.3, -0.25) is 0 Å². The van der Waals surface area contributed by atoms with Crippen LogP contribution in [-0.2, 0) is 0 Å². The Balaban J connectivity index is 2.47. The molecule has 1 aromatic heterocycles. The Kier molecular flexibility index (Phi) is 3.78. The van der Waals surface area contributed by atoms with Crippen LogP contribution in [0.15, 0.2) is 12.4 Å². The maximum atomic E-state index is 10.5. The average molecular weight is 225 g/mol. The van der Waals surface area contributed by atoms with Crippen LogP contribution in [0.5, 0.6) is 0 Å². The highest BCUT2D eigenvalue weighted by Crippen LogP contribution is 2.08. The molecule has 0 fully saturated rings. The molecule has 16 heavy (non-hydrogen) atoms. The van der Waals surface area contributed by atoms with Crippen molar-refractivity contribution >= 4 is 11.8 Å². The SMILES string of the molecule is CC(C)(O)CCNc1cnc(C(=O)O)cn1. The molecule has 0 aliphatic heterocycles. The summed E-state index contributed by atoms with van der Waals surface area (Å²) in [4.78, 5) is 18.1. The fourth-order valence-corrected chi connectivity index (χ4v) is 1.03. The van der Waals surface area contributed by atoms with Gasteiger partial charge in [-0.2, -0.15) is 0 Å². The lowest BCUT2D eigenvalue weighted by molar-refractivity contribution is 0.0689. The highest BCUT2D eigenvalue weighted by atomic mass is 16.4. The van der Waals surface area contributed by atoms with Crippen molar-refractivity contribution in [3.8, 4) is 0 Å². The molecular formula is C10H15N3O3. The molecule has 0 aromatic carbocycles. The van der Waals surface area contributed by atoms with Gasteiger partial charge in [-0.05, 0) is 20.3 Å². The third kappa shape index (κ3) is 4.22. The minimum atomic E-state index is -1.10. The smallest absolute Gasteiger partial charge is 0.356 e. The van der Waals surface area contributed by atoms with Crippen LogP contribution in [0, 0.1) is 0 Å². The van der Waals surface area contributed by atoms with Gasteiger partial charge in [0.2, 0.25) is 0 Å². The molecule has 0 saturated carbocycles. The molecule has 88 valence electrons. The first kappa shape index (κ1) is 12.4. The lowest BCUT2D eigenvalue weighted by atomic mass is 10.1. The number of carbonyl (C=O) groups is 1. The van der Waals surface area contributed by atoms with Gasteiger partial charge in [-0.15, -0.1) is 0 Å². The zero-order valence-corrected chi connectivity index (χ0v) is 9.27. The topological polar surface area (TPSA) is 95.3 Å². The minimum Gasteiger partial charge on any atom is -0.476 e. The van der Waals surface area contributed by atoms with Gasteiger partial charge in [-0.25, -0.2) is 14.8 Å². The molecule has 0 bridgehead atoms. The number of rotatable bonds is 5. The Morgan fingerprint density at radius 2 is 2.12 bits per heavy atom. The van der Waals surface area contributed by atoms with E-state index in [0.717, 1.165) is 0 Å². The first-order chi connectivity index (χ1) is 7.38. The Labute approximate surface area is 93.4 Å². The molecule has 6 heteroatoms. The minimum absolute atomic E-state index is 0.0898. The summed E-state index contributed by atoms with van der Waals surface area (Å²) in [6.45, 7) is 3.98. The maximum absolute atomic E-state index is 10.5. The van der Waals surface area contributed by atoms with E-state index < -0.39 is 11.6 Å². The maximum Gasteiger partial charge on any atom is 0.356 e. The first-order valence-electron chi connectivity index (χ1n) is 4.90. The second-order valence-electron chi connectivity index (χ2n) is 4.08. The van der Waals surface area contributed by atoms with E-state index in [4.69, 9.17) is 5.11 Å². The molecule has 1 aromatic rings. The van der Waals surface area contributed by atoms with E-state index in [0.29, 0.717) is 18.8 Å². The number of aromatic carboxylic acids is 1. The number of carboxylic acid groups (broad SMARTS) is 1. The lowest BCUT2D eigenvalue weighted by Gasteiger charge is -2.16. The van der Waals surface area contributed by atoms with E-state index in [1.807, 2.05) is 0 Å². The average Bonchev–Trinajstić information content (AvgIpc) is 2.16. The molecule has 0 aliphatic rings. The van der Waals surface area contributed by atoms with Gasteiger partial charge in [0.1, 0.15) is 5.82 Å². The van der Waals surface area contributed by atoms with Crippen molar-refractivity contribution in [3.05, 3.63) is 18.1 Å². The van der Waals surface area contributed by atoms with Gasteiger partial charge in [0.05, 0.1) is 18.0 Å². The van der Waals surface area contributed by atoms with Crippen molar-refractivity contribution < 1.29 is 15.0 Å². The van der Waals surface area contributed by atoms with Gasteiger partial charge in [0, 0.05) is 6.54 Å². The van der Waals surface area contributed by atoms with E-state index in [2.05, 4.69) is 15.3 Å². The van der Waals surface area contributed by atoms with Gasteiger partial charge in [-0.1, -0.05) is 0 Å². The van der Waals surface area contributed by atoms with Crippen molar-refractivity contribution in [2.75, 3.05) is 11.9 Å². The highest BCUT2D eigenvalue weighted by molar-refractivity contribution is 5.84. The van der Waals surface area contributed by atoms with E-state index in [-0.39, 0.29) is 5.69 Å². The third-order valence-electron chi connectivity index (χ3n) is 1.91.